The molecule has 2 aliphatic carbocycles. The Morgan fingerprint density at radius 2 is 0.800 bits per heavy atom. The predicted molar refractivity (Wildman–Crippen MR) is 213 cm³/mol. The van der Waals surface area contributed by atoms with Gasteiger partial charge in [-0.25, -0.2) is 0 Å². The third kappa shape index (κ3) is 4.00. The maximum atomic E-state index is 8.89. The van der Waals surface area contributed by atoms with Gasteiger partial charge in [0.2, 0.25) is 0 Å². The Labute approximate surface area is 301 Å². The molecule has 0 aliphatic heterocycles. The van der Waals surface area contributed by atoms with Gasteiger partial charge in [-0.15, -0.1) is 0 Å². The molecule has 0 radical (unpaired) electrons. The van der Waals surface area contributed by atoms with Crippen molar-refractivity contribution < 1.29 is 6.85 Å². The lowest BCUT2D eigenvalue weighted by atomic mass is 9.79. The third-order valence-electron chi connectivity index (χ3n) is 11.6. The molecule has 0 aromatic heterocycles. The monoisotopic (exact) mass is 643 g/mol. The van der Waals surface area contributed by atoms with Crippen LogP contribution < -0.4 is 0 Å². The number of rotatable bonds is 3. The van der Waals surface area contributed by atoms with E-state index in [4.69, 9.17) is 6.85 Å². The molecule has 0 N–H and O–H groups in total. The van der Waals surface area contributed by atoms with Gasteiger partial charge in [-0.05, 0) is 118 Å². The zero-order chi connectivity index (χ0) is 38.1. The van der Waals surface area contributed by atoms with Crippen molar-refractivity contribution in [1.82, 2.24) is 0 Å². The Morgan fingerprint density at radius 1 is 0.360 bits per heavy atom. The van der Waals surface area contributed by atoms with Crippen molar-refractivity contribution in [3.05, 3.63) is 180 Å². The van der Waals surface area contributed by atoms with Crippen LogP contribution >= 0.6 is 0 Å². The maximum absolute atomic E-state index is 8.89. The smallest absolute Gasteiger partial charge is 0.0622 e. The average molecular weight is 644 g/mol. The van der Waals surface area contributed by atoms with E-state index in [1.807, 2.05) is 6.07 Å². The molecule has 0 unspecified atom stereocenters. The van der Waals surface area contributed by atoms with E-state index in [1.54, 1.807) is 0 Å². The third-order valence-corrected chi connectivity index (χ3v) is 11.6. The van der Waals surface area contributed by atoms with Crippen molar-refractivity contribution in [1.29, 1.82) is 0 Å². The number of fused-ring (bicyclic) bond motifs is 8. The van der Waals surface area contributed by atoms with E-state index in [-0.39, 0.29) is 40.6 Å². The summed E-state index contributed by atoms with van der Waals surface area (Å²) in [4.78, 5) is 0. The second-order valence-electron chi connectivity index (χ2n) is 14.9. The molecule has 0 saturated heterocycles. The molecule has 0 heteroatoms. The molecule has 10 rings (SSSR count). The van der Waals surface area contributed by atoms with Crippen LogP contribution in [0.15, 0.2) is 158 Å². The number of hydrogen-bond acceptors (Lipinski definition) is 0. The van der Waals surface area contributed by atoms with E-state index < -0.39 is 6.04 Å². The molecule has 238 valence electrons. The summed E-state index contributed by atoms with van der Waals surface area (Å²) in [6.07, 6.45) is 0. The van der Waals surface area contributed by atoms with Gasteiger partial charge in [0, 0.05) is 10.8 Å². The quantitative estimate of drug-likeness (QED) is 0.168. The van der Waals surface area contributed by atoms with Gasteiger partial charge in [-0.3, -0.25) is 0 Å². The van der Waals surface area contributed by atoms with E-state index in [0.717, 1.165) is 43.8 Å². The van der Waals surface area contributed by atoms with E-state index >= 15 is 0 Å². The molecule has 50 heavy (non-hydrogen) atoms. The molecular formula is C50H38. The van der Waals surface area contributed by atoms with Crippen molar-refractivity contribution in [3.8, 4) is 55.6 Å². The molecule has 0 fully saturated rings. The molecule has 8 aromatic rings. The normalized spacial score (nSPS) is 16.1. The topological polar surface area (TPSA) is 0 Å². The molecule has 0 atom stereocenters. The highest BCUT2D eigenvalue weighted by atomic mass is 14.4. The molecule has 0 nitrogen and oxygen atoms in total. The number of benzene rings is 8. The summed E-state index contributed by atoms with van der Waals surface area (Å²) in [7, 11) is 0. The Balaban J connectivity index is 1.30. The molecule has 0 saturated carbocycles. The molecule has 0 heterocycles. The van der Waals surface area contributed by atoms with Gasteiger partial charge in [0.25, 0.3) is 0 Å². The first kappa shape index (κ1) is 24.4. The van der Waals surface area contributed by atoms with Crippen LogP contribution in [-0.2, 0) is 10.8 Å². The minimum absolute atomic E-state index is 0.170. The van der Waals surface area contributed by atoms with E-state index in [1.165, 1.54) is 44.5 Å². The summed E-state index contributed by atoms with van der Waals surface area (Å²) in [6.45, 7) is 9.21. The molecule has 0 amide bonds. The zero-order valence-corrected chi connectivity index (χ0v) is 28.6. The summed E-state index contributed by atoms with van der Waals surface area (Å²) >= 11 is 0. The van der Waals surface area contributed by atoms with E-state index in [0.29, 0.717) is 5.56 Å². The molecule has 0 bridgehead atoms. The fourth-order valence-corrected chi connectivity index (χ4v) is 9.07. The van der Waals surface area contributed by atoms with Gasteiger partial charge in [0.05, 0.1) is 6.85 Å². The van der Waals surface area contributed by atoms with Crippen molar-refractivity contribution >= 4 is 21.5 Å². The summed E-state index contributed by atoms with van der Waals surface area (Å²) in [5.41, 5.74) is 15.1. The summed E-state index contributed by atoms with van der Waals surface area (Å²) in [5.74, 6) is 0. The van der Waals surface area contributed by atoms with Crippen molar-refractivity contribution in [2.45, 2.75) is 38.5 Å². The Hall–Kier alpha value is -5.72. The first-order valence-electron chi connectivity index (χ1n) is 19.9. The first-order chi connectivity index (χ1) is 26.4. The Kier molecular flexibility index (Phi) is 5.08. The van der Waals surface area contributed by atoms with Gasteiger partial charge in [0.15, 0.2) is 0 Å². The molecule has 8 aromatic carbocycles. The van der Waals surface area contributed by atoms with E-state index in [2.05, 4.69) is 149 Å². The maximum Gasteiger partial charge on any atom is 0.0629 e. The summed E-state index contributed by atoms with van der Waals surface area (Å²) in [5, 5.41) is 4.24. The lowest BCUT2D eigenvalue weighted by Gasteiger charge is -2.24. The van der Waals surface area contributed by atoms with Gasteiger partial charge < -0.3 is 0 Å². The van der Waals surface area contributed by atoms with Crippen LogP contribution in [0.4, 0.5) is 0 Å². The van der Waals surface area contributed by atoms with Crippen molar-refractivity contribution in [2.24, 2.45) is 0 Å². The zero-order valence-electron chi connectivity index (χ0n) is 33.6. The first-order valence-corrected chi connectivity index (χ1v) is 17.4. The predicted octanol–water partition coefficient (Wildman–Crippen LogP) is 13.6. The van der Waals surface area contributed by atoms with Crippen LogP contribution in [0, 0.1) is 0 Å². The average Bonchev–Trinajstić information content (AvgIpc) is 3.57. The Bertz CT molecular complexity index is 2960. The van der Waals surface area contributed by atoms with Crippen LogP contribution in [-0.4, -0.2) is 0 Å². The highest BCUT2D eigenvalue weighted by molar-refractivity contribution is 6.22. The highest BCUT2D eigenvalue weighted by Gasteiger charge is 2.37. The second-order valence-corrected chi connectivity index (χ2v) is 14.9. The van der Waals surface area contributed by atoms with Gasteiger partial charge in [-0.2, -0.15) is 0 Å². The molecular weight excluding hydrogens is 601 g/mol. The standard InChI is InChI=1S/C50H38/c1-49(2)43-20-12-10-16-35(43)37-25-23-33(29-45(37)49)47-39-18-8-9-19-40(39)48(42-28-32(22-27-41(42)47)31-14-6-5-7-15-31)34-24-26-38-36-17-11-13-21-44(36)50(3,4)46(38)30-34/h5-30H,1-4H3/i5D,6D,7D,14D,15D. The summed E-state index contributed by atoms with van der Waals surface area (Å²) in [6, 6.07) is 44.3. The van der Waals surface area contributed by atoms with Crippen LogP contribution in [0.25, 0.3) is 77.2 Å². The van der Waals surface area contributed by atoms with Crippen LogP contribution in [0.3, 0.4) is 0 Å². The number of hydrogen-bond donors (Lipinski definition) is 0. The fourth-order valence-electron chi connectivity index (χ4n) is 9.07. The van der Waals surface area contributed by atoms with Gasteiger partial charge in [-0.1, -0.05) is 167 Å². The van der Waals surface area contributed by atoms with Gasteiger partial charge in [0.1, 0.15) is 0 Å². The van der Waals surface area contributed by atoms with E-state index in [9.17, 15) is 0 Å². The van der Waals surface area contributed by atoms with Crippen LogP contribution in [0.2, 0.25) is 0 Å². The summed E-state index contributed by atoms with van der Waals surface area (Å²) < 4.78 is 43.0. The van der Waals surface area contributed by atoms with Crippen molar-refractivity contribution in [3.63, 3.8) is 0 Å². The van der Waals surface area contributed by atoms with Crippen LogP contribution in [0.5, 0.6) is 0 Å². The Morgan fingerprint density at radius 3 is 1.36 bits per heavy atom. The largest absolute Gasteiger partial charge is 0.0629 e. The highest BCUT2D eigenvalue weighted by Crippen LogP contribution is 2.53. The fraction of sp³-hybridized carbons (Fsp3) is 0.120. The van der Waals surface area contributed by atoms with Gasteiger partial charge >= 0.3 is 0 Å². The van der Waals surface area contributed by atoms with Crippen molar-refractivity contribution in [2.75, 3.05) is 0 Å². The van der Waals surface area contributed by atoms with Crippen LogP contribution in [0.1, 0.15) is 56.8 Å². The minimum atomic E-state index is -0.392. The lowest BCUT2D eigenvalue weighted by Crippen LogP contribution is -2.15. The second kappa shape index (κ2) is 10.4. The lowest BCUT2D eigenvalue weighted by molar-refractivity contribution is 0.660. The SMILES string of the molecule is [2H]c1c([2H])c([2H])c(-c2ccc3c(-c4ccc5c(c4)C(C)(C)c4ccccc4-5)c4ccccc4c(-c4ccc5c(c4)C(C)(C)c4ccccc4-5)c3c2)c([2H])c1[2H]. The molecule has 2 aliphatic rings. The minimum Gasteiger partial charge on any atom is -0.0622 e. The molecule has 0 spiro atoms.